The average Bonchev–Trinajstić information content (AvgIpc) is 3.44. The van der Waals surface area contributed by atoms with Gasteiger partial charge in [-0.2, -0.15) is 4.68 Å². The van der Waals surface area contributed by atoms with E-state index in [0.717, 1.165) is 18.4 Å². The van der Waals surface area contributed by atoms with E-state index in [2.05, 4.69) is 25.6 Å². The zero-order valence-corrected chi connectivity index (χ0v) is 17.6. The van der Waals surface area contributed by atoms with Gasteiger partial charge in [0.2, 0.25) is 15.9 Å². The van der Waals surface area contributed by atoms with E-state index in [4.69, 9.17) is 0 Å². The van der Waals surface area contributed by atoms with Gasteiger partial charge in [0.15, 0.2) is 5.82 Å². The van der Waals surface area contributed by atoms with E-state index in [1.807, 2.05) is 0 Å². The SMILES string of the molecule is Cc1nnnn1-c1cc(NC(=O)CCc2ccc(S(=O)(=O)NC3CC3)cc2)ccc1F. The largest absolute Gasteiger partial charge is 0.326 e. The summed E-state index contributed by atoms with van der Waals surface area (Å²) in [5, 5.41) is 13.7. The molecule has 0 saturated heterocycles. The Morgan fingerprint density at radius 1 is 1.19 bits per heavy atom. The van der Waals surface area contributed by atoms with Gasteiger partial charge in [-0.3, -0.25) is 4.79 Å². The normalized spacial score (nSPS) is 13.9. The minimum absolute atomic E-state index is 0.0464. The number of nitrogens with one attached hydrogen (secondary N) is 2. The summed E-state index contributed by atoms with van der Waals surface area (Å²) in [5.74, 6) is -0.349. The van der Waals surface area contributed by atoms with Crippen molar-refractivity contribution in [3.8, 4) is 5.69 Å². The molecule has 0 atom stereocenters. The molecule has 1 heterocycles. The van der Waals surface area contributed by atoms with Crippen LogP contribution in [0.1, 0.15) is 30.7 Å². The first-order chi connectivity index (χ1) is 14.8. The van der Waals surface area contributed by atoms with Crippen LogP contribution in [0.5, 0.6) is 0 Å². The summed E-state index contributed by atoms with van der Waals surface area (Å²) < 4.78 is 42.4. The van der Waals surface area contributed by atoms with Crippen LogP contribution in [-0.2, 0) is 21.2 Å². The predicted molar refractivity (Wildman–Crippen MR) is 111 cm³/mol. The molecule has 1 saturated carbocycles. The molecule has 0 radical (unpaired) electrons. The van der Waals surface area contributed by atoms with E-state index < -0.39 is 15.8 Å². The van der Waals surface area contributed by atoms with Crippen molar-refractivity contribution in [1.29, 1.82) is 0 Å². The van der Waals surface area contributed by atoms with Gasteiger partial charge in [0.05, 0.1) is 4.90 Å². The molecular formula is C20H21FN6O3S. The fourth-order valence-corrected chi connectivity index (χ4v) is 4.32. The Morgan fingerprint density at radius 2 is 1.94 bits per heavy atom. The summed E-state index contributed by atoms with van der Waals surface area (Å²) in [7, 11) is -3.49. The first-order valence-corrected chi connectivity index (χ1v) is 11.3. The smallest absolute Gasteiger partial charge is 0.240 e. The van der Waals surface area contributed by atoms with Crippen molar-refractivity contribution in [2.75, 3.05) is 5.32 Å². The Kier molecular flexibility index (Phi) is 5.79. The van der Waals surface area contributed by atoms with Crippen LogP contribution in [0, 0.1) is 12.7 Å². The molecule has 0 bridgehead atoms. The first kappa shape index (κ1) is 21.1. The van der Waals surface area contributed by atoms with E-state index in [1.54, 1.807) is 31.2 Å². The number of hydrogen-bond acceptors (Lipinski definition) is 6. The number of carbonyl (C=O) groups excluding carboxylic acids is 1. The van der Waals surface area contributed by atoms with E-state index in [1.165, 1.54) is 22.9 Å². The van der Waals surface area contributed by atoms with E-state index in [9.17, 15) is 17.6 Å². The summed E-state index contributed by atoms with van der Waals surface area (Å²) in [5.41, 5.74) is 1.39. The second kappa shape index (κ2) is 8.52. The quantitative estimate of drug-likeness (QED) is 0.549. The maximum Gasteiger partial charge on any atom is 0.240 e. The van der Waals surface area contributed by atoms with Gasteiger partial charge in [-0.25, -0.2) is 17.5 Å². The van der Waals surface area contributed by atoms with Crippen LogP contribution in [0.4, 0.5) is 10.1 Å². The number of hydrogen-bond donors (Lipinski definition) is 2. The van der Waals surface area contributed by atoms with Crippen LogP contribution in [0.15, 0.2) is 47.4 Å². The summed E-state index contributed by atoms with van der Waals surface area (Å²) in [6.45, 7) is 1.64. The first-order valence-electron chi connectivity index (χ1n) is 9.78. The molecule has 1 aromatic heterocycles. The van der Waals surface area contributed by atoms with E-state index in [0.29, 0.717) is 17.9 Å². The fraction of sp³-hybridized carbons (Fsp3) is 0.300. The third kappa shape index (κ3) is 5.12. The molecule has 162 valence electrons. The van der Waals surface area contributed by atoms with Gasteiger partial charge in [0.1, 0.15) is 11.5 Å². The number of amides is 1. The summed E-state index contributed by atoms with van der Waals surface area (Å²) >= 11 is 0. The van der Waals surface area contributed by atoms with Crippen molar-refractivity contribution in [3.63, 3.8) is 0 Å². The Hall–Kier alpha value is -3.18. The third-order valence-corrected chi connectivity index (χ3v) is 6.39. The van der Waals surface area contributed by atoms with Crippen molar-refractivity contribution in [2.45, 2.75) is 43.5 Å². The Bertz CT molecular complexity index is 1210. The number of aryl methyl sites for hydroxylation is 2. The lowest BCUT2D eigenvalue weighted by Gasteiger charge is -2.09. The third-order valence-electron chi connectivity index (χ3n) is 4.86. The van der Waals surface area contributed by atoms with Crippen molar-refractivity contribution >= 4 is 21.6 Å². The number of nitrogens with zero attached hydrogens (tertiary/aromatic N) is 4. The number of halogens is 1. The number of anilines is 1. The van der Waals surface area contributed by atoms with Crippen LogP contribution in [0.25, 0.3) is 5.69 Å². The molecule has 0 spiro atoms. The molecule has 1 aliphatic rings. The minimum Gasteiger partial charge on any atom is -0.326 e. The molecule has 31 heavy (non-hydrogen) atoms. The zero-order chi connectivity index (χ0) is 22.0. The van der Waals surface area contributed by atoms with Crippen molar-refractivity contribution in [3.05, 3.63) is 59.7 Å². The van der Waals surface area contributed by atoms with Crippen LogP contribution in [0.3, 0.4) is 0 Å². The molecule has 4 rings (SSSR count). The molecule has 0 unspecified atom stereocenters. The standard InChI is InChI=1S/C20H21FN6O3S/c1-13-23-25-26-27(13)19-12-16(7-10-18(19)21)22-20(28)11-4-14-2-8-17(9-3-14)31(29,30)24-15-5-6-15/h2-3,7-10,12,15,24H,4-6,11H2,1H3,(H,22,28). The lowest BCUT2D eigenvalue weighted by molar-refractivity contribution is -0.116. The highest BCUT2D eigenvalue weighted by molar-refractivity contribution is 7.89. The maximum absolute atomic E-state index is 14.1. The van der Waals surface area contributed by atoms with Crippen LogP contribution >= 0.6 is 0 Å². The van der Waals surface area contributed by atoms with Crippen molar-refractivity contribution in [1.82, 2.24) is 24.9 Å². The van der Waals surface area contributed by atoms with E-state index >= 15 is 0 Å². The molecule has 9 nitrogen and oxygen atoms in total. The Balaban J connectivity index is 1.36. The molecule has 3 aromatic rings. The van der Waals surface area contributed by atoms with Gasteiger partial charge in [0.25, 0.3) is 0 Å². The highest BCUT2D eigenvalue weighted by atomic mass is 32.2. The zero-order valence-electron chi connectivity index (χ0n) is 16.7. The average molecular weight is 444 g/mol. The van der Waals surface area contributed by atoms with Gasteiger partial charge >= 0.3 is 0 Å². The lowest BCUT2D eigenvalue weighted by Crippen LogP contribution is -2.25. The summed E-state index contributed by atoms with van der Waals surface area (Å²) in [6.07, 6.45) is 2.36. The van der Waals surface area contributed by atoms with E-state index in [-0.39, 0.29) is 29.0 Å². The highest BCUT2D eigenvalue weighted by Gasteiger charge is 2.27. The molecule has 2 aromatic carbocycles. The molecule has 1 aliphatic carbocycles. The molecule has 11 heteroatoms. The molecule has 1 amide bonds. The van der Waals surface area contributed by atoms with Crippen LogP contribution in [0.2, 0.25) is 0 Å². The highest BCUT2D eigenvalue weighted by Crippen LogP contribution is 2.23. The predicted octanol–water partition coefficient (Wildman–Crippen LogP) is 2.12. The van der Waals surface area contributed by atoms with Gasteiger partial charge < -0.3 is 5.32 Å². The fourth-order valence-electron chi connectivity index (χ4n) is 3.01. The second-order valence-electron chi connectivity index (χ2n) is 7.39. The molecule has 0 aliphatic heterocycles. The maximum atomic E-state index is 14.1. The van der Waals surface area contributed by atoms with Gasteiger partial charge in [-0.15, -0.1) is 5.10 Å². The minimum atomic E-state index is -3.49. The molecule has 2 N–H and O–H groups in total. The summed E-state index contributed by atoms with van der Waals surface area (Å²) in [6, 6.07) is 10.7. The number of tetrazole rings is 1. The number of sulfonamides is 1. The Labute approximate surface area is 178 Å². The van der Waals surface area contributed by atoms with Gasteiger partial charge in [0, 0.05) is 18.2 Å². The second-order valence-corrected chi connectivity index (χ2v) is 9.11. The number of rotatable bonds is 8. The molecular weight excluding hydrogens is 423 g/mol. The monoisotopic (exact) mass is 444 g/mol. The topological polar surface area (TPSA) is 119 Å². The van der Waals surface area contributed by atoms with Crippen molar-refractivity contribution < 1.29 is 17.6 Å². The number of benzene rings is 2. The van der Waals surface area contributed by atoms with Gasteiger partial charge in [-0.1, -0.05) is 12.1 Å². The molecule has 1 fully saturated rings. The number of aromatic nitrogens is 4. The number of carbonyl (C=O) groups is 1. The van der Waals surface area contributed by atoms with Crippen LogP contribution < -0.4 is 10.0 Å². The lowest BCUT2D eigenvalue weighted by atomic mass is 10.1. The van der Waals surface area contributed by atoms with Crippen molar-refractivity contribution in [2.24, 2.45) is 0 Å². The Morgan fingerprint density at radius 3 is 2.58 bits per heavy atom. The summed E-state index contributed by atoms with van der Waals surface area (Å²) in [4.78, 5) is 12.5. The van der Waals surface area contributed by atoms with Crippen LogP contribution in [-0.4, -0.2) is 40.6 Å². The van der Waals surface area contributed by atoms with Gasteiger partial charge in [-0.05, 0) is 72.5 Å².